The van der Waals surface area contributed by atoms with Crippen LogP contribution in [0.3, 0.4) is 0 Å². The number of benzene rings is 3. The molecule has 0 unspecified atom stereocenters. The number of imidazole rings is 1. The maximum Gasteiger partial charge on any atom is 0.274 e. The van der Waals surface area contributed by atoms with E-state index in [9.17, 15) is 4.79 Å². The Morgan fingerprint density at radius 2 is 1.89 bits per heavy atom. The van der Waals surface area contributed by atoms with Crippen molar-refractivity contribution >= 4 is 45.0 Å². The average molecular weight is 535 g/mol. The number of aryl methyl sites for hydroxylation is 2. The molecular formula is C28H23ClN2O5S. The molecule has 6 rings (SSSR count). The third kappa shape index (κ3) is 4.16. The Bertz CT molecular complexity index is 1790. The minimum absolute atomic E-state index is 0.0820. The van der Waals surface area contributed by atoms with E-state index < -0.39 is 0 Å². The number of ether oxygens (including phenoxy) is 4. The van der Waals surface area contributed by atoms with Crippen LogP contribution >= 0.6 is 22.9 Å². The lowest BCUT2D eigenvalue weighted by atomic mass is 10.1. The van der Waals surface area contributed by atoms with E-state index in [-0.39, 0.29) is 19.0 Å². The third-order valence-electron chi connectivity index (χ3n) is 6.43. The van der Waals surface area contributed by atoms with Gasteiger partial charge in [0.15, 0.2) is 28.0 Å². The van der Waals surface area contributed by atoms with Gasteiger partial charge in [-0.15, -0.1) is 0 Å². The minimum atomic E-state index is -0.0820. The molecule has 5 aromatic rings. The molecule has 0 saturated heterocycles. The Balaban J connectivity index is 1.32. The summed E-state index contributed by atoms with van der Waals surface area (Å²) in [6, 6.07) is 13.1. The van der Waals surface area contributed by atoms with Crippen molar-refractivity contribution in [1.82, 2.24) is 9.38 Å². The lowest BCUT2D eigenvalue weighted by Crippen LogP contribution is -2.22. The molecule has 0 radical (unpaired) electrons. The van der Waals surface area contributed by atoms with Gasteiger partial charge in [0.05, 0.1) is 27.2 Å². The predicted octanol–water partition coefficient (Wildman–Crippen LogP) is 5.43. The molecule has 0 atom stereocenters. The number of nitrogens with zero attached hydrogens (tertiary/aromatic N) is 2. The van der Waals surface area contributed by atoms with E-state index in [1.807, 2.05) is 63.2 Å². The van der Waals surface area contributed by atoms with Crippen LogP contribution in [0.4, 0.5) is 0 Å². The molecule has 37 heavy (non-hydrogen) atoms. The van der Waals surface area contributed by atoms with E-state index >= 15 is 0 Å². The van der Waals surface area contributed by atoms with Crippen molar-refractivity contribution in [3.63, 3.8) is 0 Å². The predicted molar refractivity (Wildman–Crippen MR) is 145 cm³/mol. The van der Waals surface area contributed by atoms with Gasteiger partial charge < -0.3 is 18.9 Å². The summed E-state index contributed by atoms with van der Waals surface area (Å²) in [7, 11) is 0. The molecular weight excluding hydrogens is 512 g/mol. The minimum Gasteiger partial charge on any atom is -0.490 e. The highest BCUT2D eigenvalue weighted by Crippen LogP contribution is 2.38. The summed E-state index contributed by atoms with van der Waals surface area (Å²) in [5.41, 5.74) is 5.48. The zero-order valence-electron chi connectivity index (χ0n) is 20.5. The number of rotatable bonds is 6. The van der Waals surface area contributed by atoms with Crippen LogP contribution in [-0.2, 0) is 6.61 Å². The van der Waals surface area contributed by atoms with E-state index in [1.54, 1.807) is 10.5 Å². The van der Waals surface area contributed by atoms with Crippen molar-refractivity contribution in [3.05, 3.63) is 84.6 Å². The quantitative estimate of drug-likeness (QED) is 0.289. The summed E-state index contributed by atoms with van der Waals surface area (Å²) >= 11 is 7.77. The molecule has 0 saturated carbocycles. The number of hydrogen-bond acceptors (Lipinski definition) is 7. The highest BCUT2D eigenvalue weighted by Gasteiger charge is 2.18. The topological polar surface area (TPSA) is 71.3 Å². The molecule has 188 valence electrons. The van der Waals surface area contributed by atoms with Crippen molar-refractivity contribution in [1.29, 1.82) is 0 Å². The number of aromatic nitrogens is 2. The van der Waals surface area contributed by atoms with E-state index in [2.05, 4.69) is 0 Å². The average Bonchev–Trinajstić information content (AvgIpc) is 3.56. The van der Waals surface area contributed by atoms with Gasteiger partial charge in [-0.05, 0) is 67.8 Å². The summed E-state index contributed by atoms with van der Waals surface area (Å²) in [4.78, 5) is 18.7. The summed E-state index contributed by atoms with van der Waals surface area (Å²) in [5, 5.41) is 0.538. The van der Waals surface area contributed by atoms with E-state index in [0.29, 0.717) is 44.1 Å². The molecule has 0 fully saturated rings. The molecule has 3 heterocycles. The standard InChI is InChI=1S/C28H23ClN2O5S/c1-4-33-22-9-17(6-8-21(22)34-13-18-11-23-24(12-19(18)29)36-14-35-23)10-25-27(32)31-20-7-5-15(2)16(3)26(20)30-28(31)37-25/h5-12H,4,13-14H2,1-3H3. The summed E-state index contributed by atoms with van der Waals surface area (Å²) < 4.78 is 25.0. The summed E-state index contributed by atoms with van der Waals surface area (Å²) in [6.45, 7) is 6.87. The van der Waals surface area contributed by atoms with Crippen LogP contribution in [0.2, 0.25) is 5.02 Å². The molecule has 0 amide bonds. The van der Waals surface area contributed by atoms with Gasteiger partial charge in [-0.3, -0.25) is 4.79 Å². The van der Waals surface area contributed by atoms with Crippen LogP contribution < -0.4 is 29.0 Å². The van der Waals surface area contributed by atoms with Crippen LogP contribution in [0.15, 0.2) is 47.3 Å². The van der Waals surface area contributed by atoms with Crippen molar-refractivity contribution in [3.8, 4) is 23.0 Å². The first-order valence-corrected chi connectivity index (χ1v) is 13.0. The number of fused-ring (bicyclic) bond motifs is 4. The highest BCUT2D eigenvalue weighted by molar-refractivity contribution is 7.15. The maximum absolute atomic E-state index is 13.3. The Kier molecular flexibility index (Phi) is 5.93. The normalized spacial score (nSPS) is 13.1. The smallest absolute Gasteiger partial charge is 0.274 e. The molecule has 9 heteroatoms. The number of halogens is 1. The van der Waals surface area contributed by atoms with Crippen LogP contribution in [0.1, 0.15) is 29.2 Å². The second-order valence-corrected chi connectivity index (χ2v) is 10.2. The maximum atomic E-state index is 13.3. The molecule has 0 N–H and O–H groups in total. The summed E-state index contributed by atoms with van der Waals surface area (Å²) in [5.74, 6) is 2.43. The van der Waals surface area contributed by atoms with Gasteiger partial charge in [-0.2, -0.15) is 0 Å². The largest absolute Gasteiger partial charge is 0.490 e. The van der Waals surface area contributed by atoms with Crippen molar-refractivity contribution in [2.75, 3.05) is 13.4 Å². The zero-order valence-corrected chi connectivity index (χ0v) is 22.0. The van der Waals surface area contributed by atoms with Gasteiger partial charge in [0.1, 0.15) is 6.61 Å². The third-order valence-corrected chi connectivity index (χ3v) is 7.75. The lowest BCUT2D eigenvalue weighted by molar-refractivity contribution is 0.174. The molecule has 0 spiro atoms. The van der Waals surface area contributed by atoms with Crippen LogP contribution in [0.25, 0.3) is 22.1 Å². The highest BCUT2D eigenvalue weighted by atomic mass is 35.5. The lowest BCUT2D eigenvalue weighted by Gasteiger charge is -2.13. The summed E-state index contributed by atoms with van der Waals surface area (Å²) in [6.07, 6.45) is 1.86. The van der Waals surface area contributed by atoms with Gasteiger partial charge in [0.2, 0.25) is 6.79 Å². The van der Waals surface area contributed by atoms with Crippen molar-refractivity contribution in [2.45, 2.75) is 27.4 Å². The van der Waals surface area contributed by atoms with Crippen LogP contribution in [0.5, 0.6) is 23.0 Å². The van der Waals surface area contributed by atoms with Crippen LogP contribution in [-0.4, -0.2) is 22.8 Å². The molecule has 2 aromatic heterocycles. The first-order chi connectivity index (χ1) is 17.9. The van der Waals surface area contributed by atoms with Gasteiger partial charge in [0.25, 0.3) is 5.56 Å². The number of thiazole rings is 1. The van der Waals surface area contributed by atoms with Gasteiger partial charge in [0, 0.05) is 11.6 Å². The van der Waals surface area contributed by atoms with E-state index in [0.717, 1.165) is 33.3 Å². The fourth-order valence-electron chi connectivity index (χ4n) is 4.34. The molecule has 0 bridgehead atoms. The Labute approximate surface area is 221 Å². The van der Waals surface area contributed by atoms with Gasteiger partial charge in [-0.1, -0.05) is 35.1 Å². The fourth-order valence-corrected chi connectivity index (χ4v) is 5.53. The molecule has 1 aliphatic rings. The van der Waals surface area contributed by atoms with E-state index in [4.69, 9.17) is 35.5 Å². The molecule has 1 aliphatic heterocycles. The number of hydrogen-bond donors (Lipinski definition) is 0. The monoisotopic (exact) mass is 534 g/mol. The Hall–Kier alpha value is -3.75. The van der Waals surface area contributed by atoms with Crippen molar-refractivity contribution in [2.24, 2.45) is 0 Å². The SMILES string of the molecule is CCOc1cc(C=c2sc3nc4c(C)c(C)ccc4n3c2=O)ccc1OCc1cc2c(cc1Cl)OCO2. The van der Waals surface area contributed by atoms with Gasteiger partial charge in [-0.25, -0.2) is 9.38 Å². The van der Waals surface area contributed by atoms with Crippen molar-refractivity contribution < 1.29 is 18.9 Å². The Morgan fingerprint density at radius 3 is 2.70 bits per heavy atom. The first kappa shape index (κ1) is 23.6. The first-order valence-electron chi connectivity index (χ1n) is 11.8. The van der Waals surface area contributed by atoms with E-state index in [1.165, 1.54) is 11.3 Å². The molecule has 0 aliphatic carbocycles. The second kappa shape index (κ2) is 9.28. The zero-order chi connectivity index (χ0) is 25.7. The molecule has 3 aromatic carbocycles. The second-order valence-electron chi connectivity index (χ2n) is 8.75. The fraction of sp³-hybridized carbons (Fsp3) is 0.214. The Morgan fingerprint density at radius 1 is 1.08 bits per heavy atom. The molecule has 7 nitrogen and oxygen atoms in total. The van der Waals surface area contributed by atoms with Gasteiger partial charge >= 0.3 is 0 Å². The van der Waals surface area contributed by atoms with Crippen LogP contribution in [0, 0.1) is 13.8 Å².